The number of aliphatic hydroxyl groups is 1. The summed E-state index contributed by atoms with van der Waals surface area (Å²) in [7, 11) is 0. The van der Waals surface area contributed by atoms with Crippen LogP contribution in [0.5, 0.6) is 0 Å². The third-order valence-corrected chi connectivity index (χ3v) is 5.51. The average Bonchev–Trinajstić information content (AvgIpc) is 3.12. The summed E-state index contributed by atoms with van der Waals surface area (Å²) in [4.78, 5) is 4.47. The molecule has 0 unspecified atom stereocenters. The molecule has 5 rings (SSSR count). The quantitative estimate of drug-likeness (QED) is 0.556. The molecule has 0 spiro atoms. The first-order valence-electron chi connectivity index (χ1n) is 9.65. The van der Waals surface area contributed by atoms with Crippen LogP contribution in [0.15, 0.2) is 54.7 Å². The van der Waals surface area contributed by atoms with Gasteiger partial charge in [0.2, 0.25) is 0 Å². The van der Waals surface area contributed by atoms with Crippen LogP contribution in [-0.4, -0.2) is 31.9 Å². The van der Waals surface area contributed by atoms with E-state index < -0.39 is 0 Å². The van der Waals surface area contributed by atoms with Gasteiger partial charge in [0.1, 0.15) is 11.6 Å². The Hall–Kier alpha value is -2.99. The highest BCUT2D eigenvalue weighted by Crippen LogP contribution is 2.26. The van der Waals surface area contributed by atoms with Crippen LogP contribution in [0.3, 0.4) is 0 Å². The Bertz CT molecular complexity index is 1150. The van der Waals surface area contributed by atoms with Crippen molar-refractivity contribution in [3.63, 3.8) is 0 Å². The molecule has 0 atom stereocenters. The van der Waals surface area contributed by atoms with Crippen LogP contribution in [0.25, 0.3) is 27.7 Å². The molecule has 1 aliphatic carbocycles. The van der Waals surface area contributed by atoms with E-state index in [0.717, 1.165) is 59.2 Å². The largest absolute Gasteiger partial charge is 0.393 e. The Kier molecular flexibility index (Phi) is 4.20. The number of benzene rings is 2. The van der Waals surface area contributed by atoms with Gasteiger partial charge in [0.15, 0.2) is 5.65 Å². The summed E-state index contributed by atoms with van der Waals surface area (Å²) < 4.78 is 15.3. The van der Waals surface area contributed by atoms with E-state index in [4.69, 9.17) is 5.10 Å². The van der Waals surface area contributed by atoms with Crippen molar-refractivity contribution < 1.29 is 9.50 Å². The standard InChI is InChI=1S/C22H21FN4O/c23-17-4-3-14-11-16(2-1-15(14)12-17)20-13-24-22-10-9-21(26-27(20)22)25-18-5-7-19(28)8-6-18/h1-4,9-13,18-19,28H,5-8H2,(H,25,26). The fourth-order valence-corrected chi connectivity index (χ4v) is 3.95. The van der Waals surface area contributed by atoms with Crippen LogP contribution in [0.4, 0.5) is 10.2 Å². The summed E-state index contributed by atoms with van der Waals surface area (Å²) >= 11 is 0. The second-order valence-electron chi connectivity index (χ2n) is 7.49. The molecule has 1 fully saturated rings. The van der Waals surface area contributed by atoms with Gasteiger partial charge in [-0.15, -0.1) is 5.10 Å². The first-order chi connectivity index (χ1) is 13.7. The lowest BCUT2D eigenvalue weighted by atomic mass is 9.93. The number of hydrogen-bond donors (Lipinski definition) is 2. The van der Waals surface area contributed by atoms with Gasteiger partial charge in [-0.25, -0.2) is 13.9 Å². The van der Waals surface area contributed by atoms with E-state index in [2.05, 4.69) is 10.3 Å². The fraction of sp³-hybridized carbons (Fsp3) is 0.273. The first kappa shape index (κ1) is 17.1. The molecule has 2 heterocycles. The molecule has 0 saturated heterocycles. The molecule has 142 valence electrons. The summed E-state index contributed by atoms with van der Waals surface area (Å²) in [6.45, 7) is 0. The number of nitrogens with one attached hydrogen (secondary N) is 1. The lowest BCUT2D eigenvalue weighted by Gasteiger charge is -2.26. The molecule has 2 N–H and O–H groups in total. The predicted molar refractivity (Wildman–Crippen MR) is 108 cm³/mol. The van der Waals surface area contributed by atoms with Gasteiger partial charge in [0.25, 0.3) is 0 Å². The maximum Gasteiger partial charge on any atom is 0.154 e. The smallest absolute Gasteiger partial charge is 0.154 e. The number of fused-ring (bicyclic) bond motifs is 2. The van der Waals surface area contributed by atoms with Crippen molar-refractivity contribution >= 4 is 22.2 Å². The average molecular weight is 376 g/mol. The molecule has 1 saturated carbocycles. The molecule has 2 aromatic carbocycles. The van der Waals surface area contributed by atoms with Crippen molar-refractivity contribution in [3.8, 4) is 11.3 Å². The summed E-state index contributed by atoms with van der Waals surface area (Å²) in [6.07, 6.45) is 5.18. The van der Waals surface area contributed by atoms with Gasteiger partial charge in [-0.3, -0.25) is 0 Å². The van der Waals surface area contributed by atoms with Gasteiger partial charge in [-0.05, 0) is 66.8 Å². The van der Waals surface area contributed by atoms with Crippen LogP contribution in [0, 0.1) is 5.82 Å². The molecule has 0 amide bonds. The molecular weight excluding hydrogens is 355 g/mol. The maximum absolute atomic E-state index is 13.4. The number of aliphatic hydroxyl groups excluding tert-OH is 1. The lowest BCUT2D eigenvalue weighted by molar-refractivity contribution is 0.126. The van der Waals surface area contributed by atoms with Crippen LogP contribution in [0.1, 0.15) is 25.7 Å². The van der Waals surface area contributed by atoms with E-state index in [1.807, 2.05) is 41.0 Å². The molecule has 1 aliphatic rings. The van der Waals surface area contributed by atoms with E-state index in [1.165, 1.54) is 12.1 Å². The number of imidazole rings is 1. The minimum atomic E-state index is -0.234. The summed E-state index contributed by atoms with van der Waals surface area (Å²) in [6, 6.07) is 14.9. The normalized spacial score (nSPS) is 19.9. The van der Waals surface area contributed by atoms with Gasteiger partial charge in [0.05, 0.1) is 18.0 Å². The zero-order valence-corrected chi connectivity index (χ0v) is 15.3. The SMILES string of the molecule is OC1CCC(Nc2ccc3ncc(-c4ccc5cc(F)ccc5c4)n3n2)CC1. The topological polar surface area (TPSA) is 62.5 Å². The van der Waals surface area contributed by atoms with Crippen molar-refractivity contribution in [2.45, 2.75) is 37.8 Å². The monoisotopic (exact) mass is 376 g/mol. The number of nitrogens with zero attached hydrogens (tertiary/aromatic N) is 3. The molecular formula is C22H21FN4O. The Balaban J connectivity index is 1.49. The Morgan fingerprint density at radius 2 is 1.75 bits per heavy atom. The van der Waals surface area contributed by atoms with E-state index in [9.17, 15) is 9.50 Å². The van der Waals surface area contributed by atoms with E-state index in [0.29, 0.717) is 6.04 Å². The Morgan fingerprint density at radius 3 is 2.61 bits per heavy atom. The third-order valence-electron chi connectivity index (χ3n) is 5.51. The summed E-state index contributed by atoms with van der Waals surface area (Å²) in [5, 5.41) is 19.8. The zero-order valence-electron chi connectivity index (χ0n) is 15.3. The van der Waals surface area contributed by atoms with Crippen molar-refractivity contribution in [1.82, 2.24) is 14.6 Å². The first-order valence-corrected chi connectivity index (χ1v) is 9.65. The van der Waals surface area contributed by atoms with E-state index >= 15 is 0 Å². The number of hydrogen-bond acceptors (Lipinski definition) is 4. The van der Waals surface area contributed by atoms with Crippen molar-refractivity contribution in [1.29, 1.82) is 0 Å². The molecule has 0 radical (unpaired) electrons. The summed E-state index contributed by atoms with van der Waals surface area (Å²) in [5.41, 5.74) is 2.65. The minimum Gasteiger partial charge on any atom is -0.393 e. The van der Waals surface area contributed by atoms with Gasteiger partial charge in [-0.2, -0.15) is 0 Å². The number of aromatic nitrogens is 3. The van der Waals surface area contributed by atoms with Gasteiger partial charge in [-0.1, -0.05) is 18.2 Å². The van der Waals surface area contributed by atoms with Crippen molar-refractivity contribution in [3.05, 3.63) is 60.5 Å². The highest BCUT2D eigenvalue weighted by molar-refractivity contribution is 5.87. The third kappa shape index (κ3) is 3.20. The van der Waals surface area contributed by atoms with Crippen LogP contribution in [-0.2, 0) is 0 Å². The minimum absolute atomic E-state index is 0.171. The van der Waals surface area contributed by atoms with Gasteiger partial charge < -0.3 is 10.4 Å². The summed E-state index contributed by atoms with van der Waals surface area (Å²) in [5.74, 6) is 0.568. The van der Waals surface area contributed by atoms with E-state index in [1.54, 1.807) is 6.07 Å². The molecule has 28 heavy (non-hydrogen) atoms. The highest BCUT2D eigenvalue weighted by Gasteiger charge is 2.19. The van der Waals surface area contributed by atoms with Gasteiger partial charge in [0, 0.05) is 11.6 Å². The van der Waals surface area contributed by atoms with Crippen LogP contribution >= 0.6 is 0 Å². The number of anilines is 1. The second kappa shape index (κ2) is 6.87. The fourth-order valence-electron chi connectivity index (χ4n) is 3.95. The highest BCUT2D eigenvalue weighted by atomic mass is 19.1. The number of rotatable bonds is 3. The maximum atomic E-state index is 13.4. The van der Waals surface area contributed by atoms with Crippen LogP contribution in [0.2, 0.25) is 0 Å². The van der Waals surface area contributed by atoms with Crippen LogP contribution < -0.4 is 5.32 Å². The van der Waals surface area contributed by atoms with E-state index in [-0.39, 0.29) is 11.9 Å². The molecule has 5 nitrogen and oxygen atoms in total. The molecule has 2 aromatic heterocycles. The molecule has 0 bridgehead atoms. The molecule has 0 aliphatic heterocycles. The lowest BCUT2D eigenvalue weighted by Crippen LogP contribution is -2.28. The number of halogens is 1. The Labute approximate surface area is 161 Å². The Morgan fingerprint density at radius 1 is 0.964 bits per heavy atom. The molecule has 6 heteroatoms. The van der Waals surface area contributed by atoms with Gasteiger partial charge >= 0.3 is 0 Å². The van der Waals surface area contributed by atoms with Crippen molar-refractivity contribution in [2.24, 2.45) is 0 Å². The molecule has 4 aromatic rings. The predicted octanol–water partition coefficient (Wildman–Crippen LogP) is 4.40. The second-order valence-corrected chi connectivity index (χ2v) is 7.49. The van der Waals surface area contributed by atoms with Crippen molar-refractivity contribution in [2.75, 3.05) is 5.32 Å². The zero-order chi connectivity index (χ0) is 19.1.